The van der Waals surface area contributed by atoms with E-state index in [9.17, 15) is 23.6 Å². The Balaban J connectivity index is 1.48. The molecule has 37 heavy (non-hydrogen) atoms. The number of para-hydroxylation sites is 1. The van der Waals surface area contributed by atoms with Crippen molar-refractivity contribution in [3.05, 3.63) is 88.7 Å². The zero-order chi connectivity index (χ0) is 26.5. The van der Waals surface area contributed by atoms with Crippen molar-refractivity contribution in [1.82, 2.24) is 5.32 Å². The standard InChI is InChI=1S/C26H19ClFN3O6/c1-36-17-9-7-16(8-10-17)31-25(34)18(24(33)30-26(31)35)12-15-6-11-22(19(27)13-15)37-14-23(32)29-21-5-3-2-4-20(21)28/h2-13H,14H2,1H3,(H,29,32)(H,30,33,35)/b18-12+. The summed E-state index contributed by atoms with van der Waals surface area (Å²) in [5.41, 5.74) is 0.346. The van der Waals surface area contributed by atoms with Crippen LogP contribution in [0.4, 0.5) is 20.6 Å². The van der Waals surface area contributed by atoms with Gasteiger partial charge in [0.1, 0.15) is 22.9 Å². The van der Waals surface area contributed by atoms with Crippen LogP contribution in [0.5, 0.6) is 11.5 Å². The Hall–Kier alpha value is -4.70. The minimum absolute atomic E-state index is 0.0155. The summed E-state index contributed by atoms with van der Waals surface area (Å²) in [5, 5.41) is 4.63. The van der Waals surface area contributed by atoms with Crippen LogP contribution >= 0.6 is 11.6 Å². The molecular formula is C26H19ClFN3O6. The Morgan fingerprint density at radius 1 is 1.08 bits per heavy atom. The lowest BCUT2D eigenvalue weighted by molar-refractivity contribution is -0.122. The van der Waals surface area contributed by atoms with Gasteiger partial charge in [-0.15, -0.1) is 0 Å². The third-order valence-electron chi connectivity index (χ3n) is 5.21. The molecule has 9 nitrogen and oxygen atoms in total. The number of methoxy groups -OCH3 is 1. The van der Waals surface area contributed by atoms with Gasteiger partial charge in [-0.1, -0.05) is 29.8 Å². The van der Waals surface area contributed by atoms with Gasteiger partial charge in [0.2, 0.25) is 0 Å². The van der Waals surface area contributed by atoms with Crippen LogP contribution in [-0.2, 0) is 14.4 Å². The molecule has 3 aromatic carbocycles. The molecule has 0 aliphatic carbocycles. The topological polar surface area (TPSA) is 114 Å². The van der Waals surface area contributed by atoms with Crippen molar-refractivity contribution in [1.29, 1.82) is 0 Å². The molecule has 188 valence electrons. The normalized spacial score (nSPS) is 14.4. The van der Waals surface area contributed by atoms with E-state index in [2.05, 4.69) is 10.6 Å². The number of imide groups is 2. The highest BCUT2D eigenvalue weighted by Crippen LogP contribution is 2.28. The van der Waals surface area contributed by atoms with Gasteiger partial charge in [0, 0.05) is 0 Å². The summed E-state index contributed by atoms with van der Waals surface area (Å²) in [7, 11) is 1.48. The van der Waals surface area contributed by atoms with Gasteiger partial charge < -0.3 is 14.8 Å². The van der Waals surface area contributed by atoms with Crippen molar-refractivity contribution >= 4 is 52.8 Å². The number of urea groups is 1. The molecule has 0 atom stereocenters. The summed E-state index contributed by atoms with van der Waals surface area (Å²) >= 11 is 6.26. The second-order valence-electron chi connectivity index (χ2n) is 7.66. The van der Waals surface area contributed by atoms with Gasteiger partial charge in [-0.3, -0.25) is 19.7 Å². The fourth-order valence-corrected chi connectivity index (χ4v) is 3.65. The predicted molar refractivity (Wildman–Crippen MR) is 134 cm³/mol. The molecule has 1 fully saturated rings. The average Bonchev–Trinajstić information content (AvgIpc) is 2.87. The fraction of sp³-hybridized carbons (Fsp3) is 0.0769. The first-order valence-electron chi connectivity index (χ1n) is 10.8. The number of barbiturate groups is 1. The van der Waals surface area contributed by atoms with Crippen LogP contribution in [0.25, 0.3) is 6.08 Å². The SMILES string of the molecule is COc1ccc(N2C(=O)NC(=O)/C(=C\c3ccc(OCC(=O)Nc4ccccc4F)c(Cl)c3)C2=O)cc1. The van der Waals surface area contributed by atoms with E-state index in [1.807, 2.05) is 0 Å². The van der Waals surface area contributed by atoms with Crippen molar-refractivity contribution in [3.8, 4) is 11.5 Å². The highest BCUT2D eigenvalue weighted by Gasteiger charge is 2.36. The van der Waals surface area contributed by atoms with E-state index >= 15 is 0 Å². The van der Waals surface area contributed by atoms with Crippen molar-refractivity contribution in [3.63, 3.8) is 0 Å². The summed E-state index contributed by atoms with van der Waals surface area (Å²) in [6.07, 6.45) is 1.28. The lowest BCUT2D eigenvalue weighted by atomic mass is 10.1. The zero-order valence-corrected chi connectivity index (χ0v) is 20.0. The summed E-state index contributed by atoms with van der Waals surface area (Å²) in [6.45, 7) is -0.436. The van der Waals surface area contributed by atoms with E-state index in [0.29, 0.717) is 11.3 Å². The monoisotopic (exact) mass is 523 g/mol. The zero-order valence-electron chi connectivity index (χ0n) is 19.3. The smallest absolute Gasteiger partial charge is 0.335 e. The van der Waals surface area contributed by atoms with Crippen molar-refractivity contribution < 1.29 is 33.0 Å². The van der Waals surface area contributed by atoms with Crippen LogP contribution in [0.3, 0.4) is 0 Å². The lowest BCUT2D eigenvalue weighted by Gasteiger charge is -2.26. The van der Waals surface area contributed by atoms with Crippen LogP contribution in [0, 0.1) is 5.82 Å². The summed E-state index contributed by atoms with van der Waals surface area (Å²) in [6, 6.07) is 15.4. The number of halogens is 2. The van der Waals surface area contributed by atoms with Gasteiger partial charge in [0.05, 0.1) is 23.5 Å². The predicted octanol–water partition coefficient (Wildman–Crippen LogP) is 4.17. The highest BCUT2D eigenvalue weighted by molar-refractivity contribution is 6.39. The number of benzene rings is 3. The van der Waals surface area contributed by atoms with Gasteiger partial charge in [0.25, 0.3) is 17.7 Å². The Bertz CT molecular complexity index is 1420. The highest BCUT2D eigenvalue weighted by atomic mass is 35.5. The van der Waals surface area contributed by atoms with Crippen molar-refractivity contribution in [2.75, 3.05) is 23.9 Å². The molecule has 11 heteroatoms. The largest absolute Gasteiger partial charge is 0.497 e. The van der Waals surface area contributed by atoms with Crippen LogP contribution in [0.2, 0.25) is 5.02 Å². The van der Waals surface area contributed by atoms with Gasteiger partial charge in [-0.2, -0.15) is 0 Å². The third kappa shape index (κ3) is 5.76. The van der Waals surface area contributed by atoms with E-state index in [1.165, 1.54) is 61.7 Å². The molecule has 1 heterocycles. The fourth-order valence-electron chi connectivity index (χ4n) is 3.41. The number of nitrogens with one attached hydrogen (secondary N) is 2. The Morgan fingerprint density at radius 3 is 2.49 bits per heavy atom. The van der Waals surface area contributed by atoms with Crippen LogP contribution < -0.4 is 25.0 Å². The average molecular weight is 524 g/mol. The number of anilines is 2. The number of carbonyl (C=O) groups is 4. The van der Waals surface area contributed by atoms with E-state index in [-0.39, 0.29) is 27.7 Å². The molecule has 2 N–H and O–H groups in total. The van der Waals surface area contributed by atoms with Gasteiger partial charge >= 0.3 is 6.03 Å². The Kier molecular flexibility index (Phi) is 7.49. The third-order valence-corrected chi connectivity index (χ3v) is 5.50. The molecule has 5 amide bonds. The van der Waals surface area contributed by atoms with E-state index in [4.69, 9.17) is 21.1 Å². The molecular weight excluding hydrogens is 505 g/mol. The molecule has 4 rings (SSSR count). The minimum atomic E-state index is -0.882. The van der Waals surface area contributed by atoms with Crippen molar-refractivity contribution in [2.45, 2.75) is 0 Å². The first kappa shape index (κ1) is 25.4. The maximum atomic E-state index is 13.7. The number of hydrogen-bond acceptors (Lipinski definition) is 6. The second-order valence-corrected chi connectivity index (χ2v) is 8.07. The lowest BCUT2D eigenvalue weighted by Crippen LogP contribution is -2.54. The number of amides is 5. The summed E-state index contributed by atoms with van der Waals surface area (Å²) in [4.78, 5) is 50.7. The second kappa shape index (κ2) is 10.9. The maximum absolute atomic E-state index is 13.7. The van der Waals surface area contributed by atoms with Crippen LogP contribution in [0.15, 0.2) is 72.3 Å². The Morgan fingerprint density at radius 2 is 1.81 bits per heavy atom. The first-order chi connectivity index (χ1) is 17.8. The molecule has 1 aliphatic rings. The molecule has 0 aromatic heterocycles. The number of nitrogens with zero attached hydrogens (tertiary/aromatic N) is 1. The number of rotatable bonds is 7. The van der Waals surface area contributed by atoms with Gasteiger partial charge in [0.15, 0.2) is 6.61 Å². The molecule has 3 aromatic rings. The van der Waals surface area contributed by atoms with Gasteiger partial charge in [-0.05, 0) is 60.2 Å². The van der Waals surface area contributed by atoms with E-state index in [1.54, 1.807) is 18.2 Å². The molecule has 1 saturated heterocycles. The first-order valence-corrected chi connectivity index (χ1v) is 11.2. The molecule has 0 spiro atoms. The minimum Gasteiger partial charge on any atom is -0.497 e. The quantitative estimate of drug-likeness (QED) is 0.355. The van der Waals surface area contributed by atoms with Crippen LogP contribution in [-0.4, -0.2) is 37.5 Å². The van der Waals surface area contributed by atoms with Crippen molar-refractivity contribution in [2.24, 2.45) is 0 Å². The van der Waals surface area contributed by atoms with Crippen LogP contribution in [0.1, 0.15) is 5.56 Å². The molecule has 0 bridgehead atoms. The molecule has 1 aliphatic heterocycles. The molecule has 0 radical (unpaired) electrons. The van der Waals surface area contributed by atoms with Gasteiger partial charge in [-0.25, -0.2) is 14.1 Å². The maximum Gasteiger partial charge on any atom is 0.335 e. The van der Waals surface area contributed by atoms with E-state index in [0.717, 1.165) is 4.90 Å². The Labute approximate surface area is 215 Å². The molecule has 0 saturated carbocycles. The summed E-state index contributed by atoms with van der Waals surface area (Å²) in [5.74, 6) is -2.18. The summed E-state index contributed by atoms with van der Waals surface area (Å²) < 4.78 is 24.2. The molecule has 0 unspecified atom stereocenters. The van der Waals surface area contributed by atoms with E-state index < -0.39 is 36.2 Å². The number of carbonyl (C=O) groups excluding carboxylic acids is 4. The number of ether oxygens (including phenoxy) is 2. The number of hydrogen-bond donors (Lipinski definition) is 2.